The molecule has 2 rings (SSSR count). The van der Waals surface area contributed by atoms with E-state index in [1.165, 1.54) is 0 Å². The summed E-state index contributed by atoms with van der Waals surface area (Å²) in [5.74, 6) is 0.824. The SMILES string of the molecule is CCNC(=NCc1nc(-c2ccccc2)cs1)NCCCOCC. The van der Waals surface area contributed by atoms with Gasteiger partial charge in [0.2, 0.25) is 0 Å². The molecular weight excluding hydrogens is 320 g/mol. The Morgan fingerprint density at radius 2 is 2.04 bits per heavy atom. The van der Waals surface area contributed by atoms with Crippen molar-refractivity contribution in [3.63, 3.8) is 0 Å². The second kappa shape index (κ2) is 10.8. The fraction of sp³-hybridized carbons (Fsp3) is 0.444. The molecule has 130 valence electrons. The topological polar surface area (TPSA) is 58.5 Å². The zero-order valence-electron chi connectivity index (χ0n) is 14.4. The van der Waals surface area contributed by atoms with Gasteiger partial charge in [-0.1, -0.05) is 30.3 Å². The van der Waals surface area contributed by atoms with Gasteiger partial charge < -0.3 is 15.4 Å². The van der Waals surface area contributed by atoms with Crippen molar-refractivity contribution in [3.05, 3.63) is 40.7 Å². The molecule has 2 N–H and O–H groups in total. The van der Waals surface area contributed by atoms with Crippen LogP contribution < -0.4 is 10.6 Å². The molecule has 0 unspecified atom stereocenters. The number of aliphatic imine (C=N–C) groups is 1. The predicted molar refractivity (Wildman–Crippen MR) is 101 cm³/mol. The number of rotatable bonds is 9. The molecule has 0 saturated carbocycles. The molecule has 0 atom stereocenters. The van der Waals surface area contributed by atoms with E-state index in [-0.39, 0.29) is 0 Å². The van der Waals surface area contributed by atoms with Crippen LogP contribution in [0.3, 0.4) is 0 Å². The summed E-state index contributed by atoms with van der Waals surface area (Å²) in [6.07, 6.45) is 0.966. The van der Waals surface area contributed by atoms with Crippen LogP contribution in [0.25, 0.3) is 11.3 Å². The molecule has 0 saturated heterocycles. The molecule has 0 aliphatic heterocycles. The number of thiazole rings is 1. The van der Waals surface area contributed by atoms with Gasteiger partial charge in [0, 0.05) is 37.2 Å². The Bertz CT molecular complexity index is 612. The van der Waals surface area contributed by atoms with Crippen LogP contribution >= 0.6 is 11.3 Å². The number of benzene rings is 1. The lowest BCUT2D eigenvalue weighted by atomic mass is 10.2. The molecule has 6 heteroatoms. The van der Waals surface area contributed by atoms with Crippen molar-refractivity contribution in [2.24, 2.45) is 4.99 Å². The van der Waals surface area contributed by atoms with Gasteiger partial charge in [0.25, 0.3) is 0 Å². The summed E-state index contributed by atoms with van der Waals surface area (Å²) in [5, 5.41) is 9.68. The van der Waals surface area contributed by atoms with Crippen molar-refractivity contribution < 1.29 is 4.74 Å². The Hall–Kier alpha value is -1.92. The molecule has 0 bridgehead atoms. The first-order valence-electron chi connectivity index (χ1n) is 8.43. The second-order valence-electron chi connectivity index (χ2n) is 5.16. The van der Waals surface area contributed by atoms with Crippen LogP contribution in [-0.2, 0) is 11.3 Å². The molecule has 24 heavy (non-hydrogen) atoms. The van der Waals surface area contributed by atoms with Crippen molar-refractivity contribution >= 4 is 17.3 Å². The Morgan fingerprint density at radius 3 is 2.79 bits per heavy atom. The van der Waals surface area contributed by atoms with Crippen LogP contribution in [0.5, 0.6) is 0 Å². The lowest BCUT2D eigenvalue weighted by molar-refractivity contribution is 0.145. The maximum atomic E-state index is 5.34. The molecule has 1 aromatic heterocycles. The molecule has 2 aromatic rings. The smallest absolute Gasteiger partial charge is 0.191 e. The van der Waals surface area contributed by atoms with E-state index in [0.717, 1.165) is 54.9 Å². The highest BCUT2D eigenvalue weighted by Gasteiger charge is 2.04. The van der Waals surface area contributed by atoms with E-state index in [1.54, 1.807) is 11.3 Å². The summed E-state index contributed by atoms with van der Waals surface area (Å²) in [6.45, 7) is 7.88. The van der Waals surface area contributed by atoms with Crippen LogP contribution in [0.2, 0.25) is 0 Å². The Balaban J connectivity index is 1.87. The number of hydrogen-bond acceptors (Lipinski definition) is 4. The van der Waals surface area contributed by atoms with Crippen LogP contribution in [0.15, 0.2) is 40.7 Å². The van der Waals surface area contributed by atoms with E-state index in [0.29, 0.717) is 6.54 Å². The van der Waals surface area contributed by atoms with Gasteiger partial charge >= 0.3 is 0 Å². The zero-order valence-corrected chi connectivity index (χ0v) is 15.2. The third kappa shape index (κ3) is 6.29. The molecule has 1 heterocycles. The van der Waals surface area contributed by atoms with E-state index in [1.807, 2.05) is 25.1 Å². The highest BCUT2D eigenvalue weighted by Crippen LogP contribution is 2.21. The van der Waals surface area contributed by atoms with Gasteiger partial charge in [-0.2, -0.15) is 0 Å². The number of ether oxygens (including phenoxy) is 1. The summed E-state index contributed by atoms with van der Waals surface area (Å²) >= 11 is 1.65. The number of hydrogen-bond donors (Lipinski definition) is 2. The zero-order chi connectivity index (χ0) is 17.0. The van der Waals surface area contributed by atoms with Crippen molar-refractivity contribution in [2.45, 2.75) is 26.8 Å². The predicted octanol–water partition coefficient (Wildman–Crippen LogP) is 3.29. The van der Waals surface area contributed by atoms with Gasteiger partial charge in [-0.3, -0.25) is 0 Å². The minimum Gasteiger partial charge on any atom is -0.382 e. The fourth-order valence-corrected chi connectivity index (χ4v) is 2.87. The highest BCUT2D eigenvalue weighted by molar-refractivity contribution is 7.09. The molecule has 5 nitrogen and oxygen atoms in total. The average molecular weight is 347 g/mol. The van der Waals surface area contributed by atoms with Gasteiger partial charge in [0.1, 0.15) is 5.01 Å². The molecule has 0 amide bonds. The van der Waals surface area contributed by atoms with Crippen LogP contribution in [0, 0.1) is 0 Å². The number of aromatic nitrogens is 1. The number of nitrogens with one attached hydrogen (secondary N) is 2. The average Bonchev–Trinajstić information content (AvgIpc) is 3.09. The first-order valence-corrected chi connectivity index (χ1v) is 9.31. The second-order valence-corrected chi connectivity index (χ2v) is 6.11. The van der Waals surface area contributed by atoms with E-state index in [2.05, 4.69) is 45.0 Å². The van der Waals surface area contributed by atoms with Gasteiger partial charge in [-0.05, 0) is 20.3 Å². The number of nitrogens with zero attached hydrogens (tertiary/aromatic N) is 2. The highest BCUT2D eigenvalue weighted by atomic mass is 32.1. The molecule has 0 aliphatic rings. The van der Waals surface area contributed by atoms with Crippen LogP contribution in [0.4, 0.5) is 0 Å². The first-order chi connectivity index (χ1) is 11.8. The van der Waals surface area contributed by atoms with Crippen molar-refractivity contribution in [1.29, 1.82) is 0 Å². The monoisotopic (exact) mass is 346 g/mol. The third-order valence-electron chi connectivity index (χ3n) is 3.30. The Kier molecular flexibility index (Phi) is 8.27. The van der Waals surface area contributed by atoms with Crippen LogP contribution in [0.1, 0.15) is 25.3 Å². The van der Waals surface area contributed by atoms with E-state index in [9.17, 15) is 0 Å². The van der Waals surface area contributed by atoms with Gasteiger partial charge in [0.05, 0.1) is 12.2 Å². The minimum atomic E-state index is 0.582. The van der Waals surface area contributed by atoms with Crippen molar-refractivity contribution in [1.82, 2.24) is 15.6 Å². The van der Waals surface area contributed by atoms with Crippen LogP contribution in [-0.4, -0.2) is 37.2 Å². The lowest BCUT2D eigenvalue weighted by Gasteiger charge is -2.10. The summed E-state index contributed by atoms with van der Waals surface area (Å²) in [5.41, 5.74) is 2.16. The molecule has 1 aromatic carbocycles. The Morgan fingerprint density at radius 1 is 1.21 bits per heavy atom. The van der Waals surface area contributed by atoms with E-state index >= 15 is 0 Å². The standard InChI is InChI=1S/C18H26N4OS/c1-3-19-18(20-11-8-12-23-4-2)21-13-17-22-16(14-24-17)15-9-6-5-7-10-15/h5-7,9-10,14H,3-4,8,11-13H2,1-2H3,(H2,19,20,21). The molecule has 0 spiro atoms. The maximum absolute atomic E-state index is 5.34. The lowest BCUT2D eigenvalue weighted by Crippen LogP contribution is -2.38. The van der Waals surface area contributed by atoms with E-state index in [4.69, 9.17) is 4.74 Å². The molecular formula is C18H26N4OS. The summed E-state index contributed by atoms with van der Waals surface area (Å²) in [6, 6.07) is 10.2. The molecule has 0 radical (unpaired) electrons. The minimum absolute atomic E-state index is 0.582. The largest absolute Gasteiger partial charge is 0.382 e. The number of guanidine groups is 1. The summed E-state index contributed by atoms with van der Waals surface area (Å²) in [7, 11) is 0. The van der Waals surface area contributed by atoms with Gasteiger partial charge in [0.15, 0.2) is 5.96 Å². The molecule has 0 fully saturated rings. The first kappa shape index (κ1) is 18.4. The fourth-order valence-electron chi connectivity index (χ4n) is 2.14. The normalized spacial score (nSPS) is 11.5. The molecule has 0 aliphatic carbocycles. The van der Waals surface area contributed by atoms with Gasteiger partial charge in [-0.15, -0.1) is 11.3 Å². The maximum Gasteiger partial charge on any atom is 0.191 e. The Labute approximate surface area is 148 Å². The van der Waals surface area contributed by atoms with Gasteiger partial charge in [-0.25, -0.2) is 9.98 Å². The third-order valence-corrected chi connectivity index (χ3v) is 4.13. The quantitative estimate of drug-likeness (QED) is 0.415. The van der Waals surface area contributed by atoms with E-state index < -0.39 is 0 Å². The summed E-state index contributed by atoms with van der Waals surface area (Å²) < 4.78 is 5.34. The van der Waals surface area contributed by atoms with Crippen molar-refractivity contribution in [3.8, 4) is 11.3 Å². The summed E-state index contributed by atoms with van der Waals surface area (Å²) in [4.78, 5) is 9.28. The van der Waals surface area contributed by atoms with Crippen molar-refractivity contribution in [2.75, 3.05) is 26.3 Å².